The molecule has 1 aromatic rings. The molecule has 1 aliphatic carbocycles. The minimum absolute atomic E-state index is 0.281. The maximum atomic E-state index is 10.1. The molecule has 0 radical (unpaired) electrons. The first-order chi connectivity index (χ1) is 10.2. The van der Waals surface area contributed by atoms with Gasteiger partial charge in [-0.2, -0.15) is 5.26 Å². The average molecular weight is 288 g/mol. The molecule has 1 atom stereocenters. The van der Waals surface area contributed by atoms with Crippen LogP contribution < -0.4 is 4.74 Å². The molecule has 0 heterocycles. The number of hydrogen-bond acceptors (Lipinski definition) is 4. The van der Waals surface area contributed by atoms with Gasteiger partial charge in [0.1, 0.15) is 18.5 Å². The van der Waals surface area contributed by atoms with Crippen molar-refractivity contribution in [1.82, 2.24) is 4.90 Å². The van der Waals surface area contributed by atoms with E-state index in [9.17, 15) is 5.11 Å². The van der Waals surface area contributed by atoms with Crippen molar-refractivity contribution in [1.29, 1.82) is 5.26 Å². The average Bonchev–Trinajstić information content (AvgIpc) is 2.54. The van der Waals surface area contributed by atoms with Crippen LogP contribution in [0.1, 0.15) is 37.7 Å². The Bertz CT molecular complexity index is 461. The molecule has 0 bridgehead atoms. The number of ether oxygens (including phenoxy) is 1. The van der Waals surface area contributed by atoms with Gasteiger partial charge in [0.15, 0.2) is 0 Å². The molecule has 0 saturated heterocycles. The first kappa shape index (κ1) is 15.8. The van der Waals surface area contributed by atoms with Gasteiger partial charge in [-0.05, 0) is 44.2 Å². The predicted octanol–water partition coefficient (Wildman–Crippen LogP) is 2.56. The fourth-order valence-electron chi connectivity index (χ4n) is 2.87. The van der Waals surface area contributed by atoms with Gasteiger partial charge in [-0.15, -0.1) is 0 Å². The van der Waals surface area contributed by atoms with E-state index in [2.05, 4.69) is 18.0 Å². The highest BCUT2D eigenvalue weighted by atomic mass is 16.5. The van der Waals surface area contributed by atoms with Crippen LogP contribution in [0.2, 0.25) is 0 Å². The van der Waals surface area contributed by atoms with Gasteiger partial charge in [0, 0.05) is 12.6 Å². The van der Waals surface area contributed by atoms with Crippen molar-refractivity contribution in [3.8, 4) is 11.8 Å². The highest BCUT2D eigenvalue weighted by Crippen LogP contribution is 2.21. The van der Waals surface area contributed by atoms with Crippen molar-refractivity contribution < 1.29 is 9.84 Å². The minimum atomic E-state index is -0.493. The number of benzene rings is 1. The Morgan fingerprint density at radius 1 is 1.29 bits per heavy atom. The fraction of sp³-hybridized carbons (Fsp3) is 0.588. The summed E-state index contributed by atoms with van der Waals surface area (Å²) in [4.78, 5) is 2.26. The fourth-order valence-corrected chi connectivity index (χ4v) is 2.87. The largest absolute Gasteiger partial charge is 0.491 e. The summed E-state index contributed by atoms with van der Waals surface area (Å²) < 4.78 is 5.57. The van der Waals surface area contributed by atoms with Crippen molar-refractivity contribution >= 4 is 0 Å². The van der Waals surface area contributed by atoms with E-state index in [0.717, 1.165) is 0 Å². The maximum Gasteiger partial charge on any atom is 0.119 e. The molecule has 1 N–H and O–H groups in total. The molecule has 2 rings (SSSR count). The van der Waals surface area contributed by atoms with Crippen LogP contribution in [0.4, 0.5) is 0 Å². The molecule has 1 aliphatic rings. The van der Waals surface area contributed by atoms with Gasteiger partial charge in [-0.3, -0.25) is 0 Å². The zero-order chi connectivity index (χ0) is 15.1. The van der Waals surface area contributed by atoms with Crippen molar-refractivity contribution in [2.24, 2.45) is 0 Å². The molecular weight excluding hydrogens is 264 g/mol. The molecule has 0 amide bonds. The minimum Gasteiger partial charge on any atom is -0.491 e. The Morgan fingerprint density at radius 3 is 2.57 bits per heavy atom. The zero-order valence-corrected chi connectivity index (χ0v) is 12.7. The standard InChI is InChI=1S/C17H24N2O2/c1-19(15-5-3-2-4-6-15)12-16(20)13-21-17-9-7-14(11-18)8-10-17/h7-10,15-16,20H,2-6,12-13H2,1H3/t16-/m0/s1. The van der Waals surface area contributed by atoms with E-state index in [4.69, 9.17) is 10.00 Å². The number of hydrogen-bond donors (Lipinski definition) is 1. The monoisotopic (exact) mass is 288 g/mol. The number of aliphatic hydroxyl groups is 1. The van der Waals surface area contributed by atoms with Crippen molar-refractivity contribution in [3.05, 3.63) is 29.8 Å². The molecule has 1 aromatic carbocycles. The third-order valence-corrected chi connectivity index (χ3v) is 4.12. The van der Waals surface area contributed by atoms with Gasteiger partial charge < -0.3 is 14.7 Å². The number of rotatable bonds is 6. The Hall–Kier alpha value is -1.57. The van der Waals surface area contributed by atoms with Gasteiger partial charge in [-0.1, -0.05) is 19.3 Å². The van der Waals surface area contributed by atoms with Gasteiger partial charge in [0.05, 0.1) is 11.6 Å². The summed E-state index contributed by atoms with van der Waals surface area (Å²) in [7, 11) is 2.08. The lowest BCUT2D eigenvalue weighted by Gasteiger charge is -2.32. The molecule has 1 saturated carbocycles. The third-order valence-electron chi connectivity index (χ3n) is 4.12. The Balaban J connectivity index is 1.73. The van der Waals surface area contributed by atoms with Crippen molar-refractivity contribution in [2.45, 2.75) is 44.2 Å². The topological polar surface area (TPSA) is 56.5 Å². The second kappa shape index (κ2) is 8.02. The highest BCUT2D eigenvalue weighted by Gasteiger charge is 2.20. The second-order valence-electron chi connectivity index (χ2n) is 5.83. The van der Waals surface area contributed by atoms with Crippen LogP contribution >= 0.6 is 0 Å². The predicted molar refractivity (Wildman–Crippen MR) is 82.2 cm³/mol. The summed E-state index contributed by atoms with van der Waals surface area (Å²) in [5, 5.41) is 18.8. The number of likely N-dealkylation sites (N-methyl/N-ethyl adjacent to an activating group) is 1. The van der Waals surface area contributed by atoms with Crippen LogP contribution in [0.5, 0.6) is 5.75 Å². The molecule has 0 aromatic heterocycles. The summed E-state index contributed by atoms with van der Waals surface area (Å²) >= 11 is 0. The summed E-state index contributed by atoms with van der Waals surface area (Å²) in [6, 6.07) is 9.63. The van der Waals surface area contributed by atoms with E-state index >= 15 is 0 Å². The van der Waals surface area contributed by atoms with Crippen LogP contribution in [0.3, 0.4) is 0 Å². The van der Waals surface area contributed by atoms with Crippen molar-refractivity contribution in [3.63, 3.8) is 0 Å². The molecule has 4 heteroatoms. The van der Waals surface area contributed by atoms with E-state index in [0.29, 0.717) is 23.9 Å². The van der Waals surface area contributed by atoms with Crippen LogP contribution in [-0.2, 0) is 0 Å². The molecule has 0 aliphatic heterocycles. The van der Waals surface area contributed by atoms with Crippen LogP contribution in [0.15, 0.2) is 24.3 Å². The number of aliphatic hydroxyl groups excluding tert-OH is 1. The van der Waals surface area contributed by atoms with Gasteiger partial charge in [-0.25, -0.2) is 0 Å². The van der Waals surface area contributed by atoms with E-state index in [-0.39, 0.29) is 6.61 Å². The zero-order valence-electron chi connectivity index (χ0n) is 12.7. The summed E-state index contributed by atoms with van der Waals surface area (Å²) in [5.74, 6) is 0.688. The lowest BCUT2D eigenvalue weighted by molar-refractivity contribution is 0.0561. The Labute approximate surface area is 127 Å². The third kappa shape index (κ3) is 5.04. The number of nitriles is 1. The molecule has 0 unspecified atom stereocenters. The first-order valence-corrected chi connectivity index (χ1v) is 7.70. The summed E-state index contributed by atoms with van der Waals surface area (Å²) in [5.41, 5.74) is 0.611. The molecule has 1 fully saturated rings. The first-order valence-electron chi connectivity index (χ1n) is 7.70. The van der Waals surface area contributed by atoms with Crippen molar-refractivity contribution in [2.75, 3.05) is 20.2 Å². The Kier molecular flexibility index (Phi) is 6.04. The smallest absolute Gasteiger partial charge is 0.119 e. The lowest BCUT2D eigenvalue weighted by Crippen LogP contribution is -2.40. The van der Waals surface area contributed by atoms with Gasteiger partial charge in [0.2, 0.25) is 0 Å². The highest BCUT2D eigenvalue weighted by molar-refractivity contribution is 5.34. The van der Waals surface area contributed by atoms with E-state index in [1.807, 2.05) is 0 Å². The van der Waals surface area contributed by atoms with Crippen LogP contribution in [0, 0.1) is 11.3 Å². The second-order valence-corrected chi connectivity index (χ2v) is 5.83. The van der Waals surface area contributed by atoms with E-state index in [1.54, 1.807) is 24.3 Å². The Morgan fingerprint density at radius 2 is 1.95 bits per heavy atom. The summed E-state index contributed by atoms with van der Waals surface area (Å²) in [6.07, 6.45) is 5.92. The van der Waals surface area contributed by atoms with Gasteiger partial charge in [0.25, 0.3) is 0 Å². The quantitative estimate of drug-likeness (QED) is 0.874. The molecular formula is C17H24N2O2. The number of nitrogens with zero attached hydrogens (tertiary/aromatic N) is 2. The molecule has 21 heavy (non-hydrogen) atoms. The van der Waals surface area contributed by atoms with Crippen LogP contribution in [-0.4, -0.2) is 42.4 Å². The maximum absolute atomic E-state index is 10.1. The summed E-state index contributed by atoms with van der Waals surface area (Å²) in [6.45, 7) is 0.921. The molecule has 114 valence electrons. The van der Waals surface area contributed by atoms with E-state index < -0.39 is 6.10 Å². The molecule has 4 nitrogen and oxygen atoms in total. The van der Waals surface area contributed by atoms with Gasteiger partial charge >= 0.3 is 0 Å². The lowest BCUT2D eigenvalue weighted by atomic mass is 9.94. The van der Waals surface area contributed by atoms with E-state index in [1.165, 1.54) is 32.1 Å². The normalized spacial score (nSPS) is 17.4. The SMILES string of the molecule is CN(C[C@H](O)COc1ccc(C#N)cc1)C1CCCCC1. The van der Waals surface area contributed by atoms with Crippen LogP contribution in [0.25, 0.3) is 0 Å². The molecule has 0 spiro atoms.